The lowest BCUT2D eigenvalue weighted by Gasteiger charge is -2.33. The molecule has 3 rings (SSSR count). The zero-order chi connectivity index (χ0) is 19.8. The van der Waals surface area contributed by atoms with Crippen molar-refractivity contribution in [1.29, 1.82) is 0 Å². The lowest BCUT2D eigenvalue weighted by molar-refractivity contribution is -0.146. The van der Waals surface area contributed by atoms with Gasteiger partial charge in [-0.3, -0.25) is 9.59 Å². The van der Waals surface area contributed by atoms with Crippen LogP contribution in [0.4, 0.5) is 0 Å². The van der Waals surface area contributed by atoms with Gasteiger partial charge >= 0.3 is 5.97 Å². The Kier molecular flexibility index (Phi) is 5.10. The summed E-state index contributed by atoms with van der Waals surface area (Å²) in [5.74, 6) is -2.72. The smallest absolute Gasteiger partial charge is 0.309 e. The molecule has 6 nitrogen and oxygen atoms in total. The molecule has 0 bridgehead atoms. The number of nitrogens with zero attached hydrogens (tertiary/aromatic N) is 1. The molecule has 1 amide bonds. The molecule has 8 heteroatoms. The number of piperidine rings is 1. The number of sulfone groups is 1. The summed E-state index contributed by atoms with van der Waals surface area (Å²) >= 11 is 0. The summed E-state index contributed by atoms with van der Waals surface area (Å²) in [6.07, 6.45) is -0.324. The molecule has 2 atom stereocenters. The van der Waals surface area contributed by atoms with Crippen LogP contribution in [0.2, 0.25) is 0 Å². The number of benzene rings is 2. The van der Waals surface area contributed by atoms with E-state index in [1.807, 2.05) is 32.1 Å². The number of amides is 1. The first kappa shape index (κ1) is 19.2. The number of aliphatic carboxylic acids is 1. The van der Waals surface area contributed by atoms with E-state index in [1.165, 1.54) is 24.1 Å². The number of carboxylic acids is 1. The largest absolute Gasteiger partial charge is 0.481 e. The van der Waals surface area contributed by atoms with Crippen molar-refractivity contribution >= 4 is 35.0 Å². The Balaban J connectivity index is 1.93. The van der Waals surface area contributed by atoms with Crippen molar-refractivity contribution in [3.63, 3.8) is 0 Å². The number of carbonyl (C=O) groups is 2. The fraction of sp³-hybridized carbons (Fsp3) is 0.263. The minimum Gasteiger partial charge on any atom is -0.481 e. The molecular weight excluding hydrogens is 365 g/mol. The maximum absolute atomic E-state index is 13.0. The molecule has 1 aliphatic heterocycles. The Hall–Kier alpha value is -2.61. The minimum atomic E-state index is -3.95. The summed E-state index contributed by atoms with van der Waals surface area (Å²) in [5.41, 5.74) is 2.95. The van der Waals surface area contributed by atoms with Crippen LogP contribution in [-0.4, -0.2) is 57.0 Å². The molecule has 0 aromatic heterocycles. The van der Waals surface area contributed by atoms with Crippen LogP contribution in [0.15, 0.2) is 53.4 Å². The van der Waals surface area contributed by atoms with Crippen molar-refractivity contribution in [3.05, 3.63) is 48.5 Å². The second-order valence-electron chi connectivity index (χ2n) is 6.90. The molecule has 1 heterocycles. The van der Waals surface area contributed by atoms with E-state index in [-0.39, 0.29) is 23.8 Å². The van der Waals surface area contributed by atoms with Gasteiger partial charge in [0.05, 0.1) is 16.1 Å². The maximum Gasteiger partial charge on any atom is 0.309 e. The molecule has 0 saturated carbocycles. The summed E-state index contributed by atoms with van der Waals surface area (Å²) < 4.78 is 26.0. The fourth-order valence-corrected chi connectivity index (χ4v) is 5.17. The van der Waals surface area contributed by atoms with Crippen LogP contribution in [0, 0.1) is 5.92 Å². The molecule has 1 fully saturated rings. The van der Waals surface area contributed by atoms with E-state index in [9.17, 15) is 23.1 Å². The Morgan fingerprint density at radius 1 is 1.07 bits per heavy atom. The Morgan fingerprint density at radius 3 is 2.11 bits per heavy atom. The van der Waals surface area contributed by atoms with Crippen molar-refractivity contribution in [2.75, 3.05) is 13.6 Å². The Labute approximate surface area is 159 Å². The third-order valence-electron chi connectivity index (χ3n) is 5.00. The lowest BCUT2D eigenvalue weighted by atomic mass is 9.94. The molecule has 1 aliphatic rings. The van der Waals surface area contributed by atoms with Crippen molar-refractivity contribution in [2.24, 2.45) is 5.92 Å². The first-order valence-electron chi connectivity index (χ1n) is 8.58. The quantitative estimate of drug-likeness (QED) is 0.766. The third-order valence-corrected chi connectivity index (χ3v) is 7.23. The van der Waals surface area contributed by atoms with Crippen molar-refractivity contribution in [1.82, 2.24) is 4.90 Å². The van der Waals surface area contributed by atoms with Gasteiger partial charge in [0.2, 0.25) is 5.91 Å². The van der Waals surface area contributed by atoms with Gasteiger partial charge in [0.25, 0.3) is 0 Å². The first-order chi connectivity index (χ1) is 12.7. The average Bonchev–Trinajstić information content (AvgIpc) is 2.64. The molecule has 2 aromatic carbocycles. The first-order valence-corrected chi connectivity index (χ1v) is 10.1. The molecule has 2 aromatic rings. The molecular formula is C19H20BNO5S. The Morgan fingerprint density at radius 2 is 1.59 bits per heavy atom. The van der Waals surface area contributed by atoms with E-state index in [0.717, 1.165) is 16.6 Å². The topological polar surface area (TPSA) is 91.8 Å². The lowest BCUT2D eigenvalue weighted by Crippen LogP contribution is -2.50. The summed E-state index contributed by atoms with van der Waals surface area (Å²) in [7, 11) is -0.476. The SMILES string of the molecule is Bc1ccc(-c2ccc(S(=O)(=O)C3CC(=O)N(C)CC3C(=O)O)cc2)cc1. The van der Waals surface area contributed by atoms with Gasteiger partial charge in [0, 0.05) is 20.0 Å². The minimum absolute atomic E-state index is 0.0342. The number of hydrogen-bond donors (Lipinski definition) is 1. The van der Waals surface area contributed by atoms with Gasteiger partial charge in [0.15, 0.2) is 9.84 Å². The van der Waals surface area contributed by atoms with Gasteiger partial charge in [-0.1, -0.05) is 41.9 Å². The monoisotopic (exact) mass is 385 g/mol. The van der Waals surface area contributed by atoms with E-state index >= 15 is 0 Å². The standard InChI is InChI=1S/C19H20BNO5S/c1-21-11-16(19(23)24)17(10-18(21)22)27(25,26)15-8-4-13(5-9-15)12-2-6-14(20)7-3-12/h2-9,16-17H,10-11,20H2,1H3,(H,23,24). The normalized spacial score (nSPS) is 20.5. The van der Waals surface area contributed by atoms with Crippen LogP contribution in [0.3, 0.4) is 0 Å². The molecule has 0 radical (unpaired) electrons. The second kappa shape index (κ2) is 7.19. The fourth-order valence-electron chi connectivity index (χ4n) is 3.31. The van der Waals surface area contributed by atoms with Crippen LogP contribution in [-0.2, 0) is 19.4 Å². The predicted octanol–water partition coefficient (Wildman–Crippen LogP) is 0.317. The van der Waals surface area contributed by atoms with Gasteiger partial charge in [0.1, 0.15) is 7.85 Å². The molecule has 140 valence electrons. The molecule has 1 saturated heterocycles. The summed E-state index contributed by atoms with van der Waals surface area (Å²) in [5, 5.41) is 8.18. The van der Waals surface area contributed by atoms with Crippen LogP contribution >= 0.6 is 0 Å². The summed E-state index contributed by atoms with van der Waals surface area (Å²) in [6, 6.07) is 14.2. The van der Waals surface area contributed by atoms with Gasteiger partial charge in [-0.15, -0.1) is 0 Å². The zero-order valence-electron chi connectivity index (χ0n) is 15.1. The van der Waals surface area contributed by atoms with Crippen molar-refractivity contribution < 1.29 is 23.1 Å². The van der Waals surface area contributed by atoms with Gasteiger partial charge in [-0.25, -0.2) is 8.42 Å². The molecule has 0 aliphatic carbocycles. The summed E-state index contributed by atoms with van der Waals surface area (Å²) in [6.45, 7) is -0.112. The van der Waals surface area contributed by atoms with Crippen molar-refractivity contribution in [2.45, 2.75) is 16.6 Å². The van der Waals surface area contributed by atoms with Gasteiger partial charge in [-0.2, -0.15) is 0 Å². The molecule has 2 unspecified atom stereocenters. The molecule has 1 N–H and O–H groups in total. The number of carbonyl (C=O) groups excluding carboxylic acids is 1. The zero-order valence-corrected chi connectivity index (χ0v) is 15.9. The van der Waals surface area contributed by atoms with E-state index in [0.29, 0.717) is 0 Å². The number of rotatable bonds is 4. The molecule has 0 spiro atoms. The number of carboxylic acid groups (broad SMARTS) is 1. The van der Waals surface area contributed by atoms with Gasteiger partial charge < -0.3 is 10.0 Å². The van der Waals surface area contributed by atoms with Crippen LogP contribution in [0.25, 0.3) is 11.1 Å². The number of likely N-dealkylation sites (tertiary alicyclic amines) is 1. The maximum atomic E-state index is 13.0. The Bertz CT molecular complexity index is 970. The van der Waals surface area contributed by atoms with Crippen LogP contribution < -0.4 is 5.46 Å². The van der Waals surface area contributed by atoms with E-state index in [4.69, 9.17) is 0 Å². The molecule has 27 heavy (non-hydrogen) atoms. The summed E-state index contributed by atoms with van der Waals surface area (Å²) in [4.78, 5) is 24.8. The van der Waals surface area contributed by atoms with Gasteiger partial charge in [-0.05, 0) is 23.3 Å². The highest BCUT2D eigenvalue weighted by atomic mass is 32.2. The predicted molar refractivity (Wildman–Crippen MR) is 104 cm³/mol. The highest BCUT2D eigenvalue weighted by Crippen LogP contribution is 2.30. The third kappa shape index (κ3) is 3.76. The number of hydrogen-bond acceptors (Lipinski definition) is 4. The highest BCUT2D eigenvalue weighted by molar-refractivity contribution is 7.92. The second-order valence-corrected chi connectivity index (χ2v) is 9.06. The van der Waals surface area contributed by atoms with Crippen LogP contribution in [0.1, 0.15) is 6.42 Å². The van der Waals surface area contributed by atoms with E-state index < -0.39 is 27.0 Å². The highest BCUT2D eigenvalue weighted by Gasteiger charge is 2.45. The van der Waals surface area contributed by atoms with E-state index in [1.54, 1.807) is 12.1 Å². The van der Waals surface area contributed by atoms with Crippen LogP contribution in [0.5, 0.6) is 0 Å². The van der Waals surface area contributed by atoms with E-state index in [2.05, 4.69) is 0 Å². The van der Waals surface area contributed by atoms with Crippen molar-refractivity contribution in [3.8, 4) is 11.1 Å². The average molecular weight is 385 g/mol.